The Morgan fingerprint density at radius 2 is 2.22 bits per heavy atom. The molecule has 0 aliphatic heterocycles. The van der Waals surface area contributed by atoms with E-state index >= 15 is 0 Å². The van der Waals surface area contributed by atoms with E-state index in [4.69, 9.17) is 10.5 Å². The van der Waals surface area contributed by atoms with Crippen molar-refractivity contribution in [1.29, 1.82) is 0 Å². The lowest BCUT2D eigenvalue weighted by molar-refractivity contribution is -0.118. The number of methoxy groups -OCH3 is 1. The maximum absolute atomic E-state index is 11.8. The second kappa shape index (κ2) is 7.54. The van der Waals surface area contributed by atoms with E-state index in [1.807, 2.05) is 18.2 Å². The summed E-state index contributed by atoms with van der Waals surface area (Å²) in [6, 6.07) is 5.68. The number of hydrogen-bond acceptors (Lipinski definition) is 3. The van der Waals surface area contributed by atoms with Crippen molar-refractivity contribution in [2.24, 2.45) is 5.73 Å². The van der Waals surface area contributed by atoms with Crippen LogP contribution in [0.3, 0.4) is 0 Å². The molecule has 0 bridgehead atoms. The quantitative estimate of drug-likeness (QED) is 0.841. The highest BCUT2D eigenvalue weighted by Crippen LogP contribution is 2.25. The van der Waals surface area contributed by atoms with Crippen LogP contribution in [0, 0.1) is 0 Å². The molecular formula is C14H20BrNO2. The topological polar surface area (TPSA) is 52.3 Å². The van der Waals surface area contributed by atoms with Gasteiger partial charge in [-0.25, -0.2) is 0 Å². The van der Waals surface area contributed by atoms with Gasteiger partial charge in [0.1, 0.15) is 11.5 Å². The predicted octanol–water partition coefficient (Wildman–Crippen LogP) is 3.09. The largest absolute Gasteiger partial charge is 0.496 e. The molecule has 1 rings (SSSR count). The summed E-state index contributed by atoms with van der Waals surface area (Å²) >= 11 is 3.41. The van der Waals surface area contributed by atoms with E-state index in [9.17, 15) is 4.79 Å². The van der Waals surface area contributed by atoms with E-state index in [0.29, 0.717) is 12.8 Å². The van der Waals surface area contributed by atoms with Crippen molar-refractivity contribution in [2.45, 2.75) is 38.6 Å². The Kier molecular flexibility index (Phi) is 6.36. The van der Waals surface area contributed by atoms with Crippen molar-refractivity contribution in [3.05, 3.63) is 28.2 Å². The number of nitrogens with two attached hydrogens (primary N) is 1. The van der Waals surface area contributed by atoms with Gasteiger partial charge in [0, 0.05) is 18.9 Å². The third-order valence-electron chi connectivity index (χ3n) is 2.77. The van der Waals surface area contributed by atoms with Crippen LogP contribution in [0.15, 0.2) is 22.7 Å². The van der Waals surface area contributed by atoms with E-state index in [1.54, 1.807) is 7.11 Å². The minimum absolute atomic E-state index is 0.0100. The van der Waals surface area contributed by atoms with Gasteiger partial charge in [-0.3, -0.25) is 4.79 Å². The minimum atomic E-state index is -0.0100. The van der Waals surface area contributed by atoms with Gasteiger partial charge in [-0.15, -0.1) is 0 Å². The number of carbonyl (C=O) groups excluding carboxylic acids is 1. The Balaban J connectivity index is 2.57. The fourth-order valence-corrected chi connectivity index (χ4v) is 2.47. The van der Waals surface area contributed by atoms with Crippen LogP contribution in [0.1, 0.15) is 31.7 Å². The molecule has 2 N–H and O–H groups in total. The lowest BCUT2D eigenvalue weighted by atomic mass is 10.0. The van der Waals surface area contributed by atoms with Crippen molar-refractivity contribution in [3.63, 3.8) is 0 Å². The molecule has 0 radical (unpaired) electrons. The molecule has 0 saturated carbocycles. The highest BCUT2D eigenvalue weighted by atomic mass is 79.9. The van der Waals surface area contributed by atoms with Crippen LogP contribution in [-0.2, 0) is 11.2 Å². The molecule has 1 atom stereocenters. The smallest absolute Gasteiger partial charge is 0.138 e. The Morgan fingerprint density at radius 1 is 1.50 bits per heavy atom. The van der Waals surface area contributed by atoms with Crippen LogP contribution < -0.4 is 10.5 Å². The zero-order chi connectivity index (χ0) is 13.5. The van der Waals surface area contributed by atoms with Crippen LogP contribution in [0.2, 0.25) is 0 Å². The van der Waals surface area contributed by atoms with Crippen LogP contribution >= 0.6 is 15.9 Å². The Hall–Kier alpha value is -0.870. The maximum Gasteiger partial charge on any atom is 0.138 e. The van der Waals surface area contributed by atoms with Crippen LogP contribution in [0.25, 0.3) is 0 Å². The molecule has 0 saturated heterocycles. The first kappa shape index (κ1) is 15.2. The molecule has 0 aliphatic rings. The average molecular weight is 314 g/mol. The number of ether oxygens (including phenoxy) is 1. The normalized spacial score (nSPS) is 12.2. The molecule has 0 spiro atoms. The van der Waals surface area contributed by atoms with Crippen molar-refractivity contribution < 1.29 is 9.53 Å². The Morgan fingerprint density at radius 3 is 2.78 bits per heavy atom. The average Bonchev–Trinajstić information content (AvgIpc) is 2.29. The number of halogens is 1. The molecule has 1 unspecified atom stereocenters. The van der Waals surface area contributed by atoms with E-state index in [2.05, 4.69) is 22.9 Å². The zero-order valence-electron chi connectivity index (χ0n) is 10.9. The summed E-state index contributed by atoms with van der Waals surface area (Å²) in [5.74, 6) is 0.960. The van der Waals surface area contributed by atoms with Crippen LogP contribution in [0.4, 0.5) is 0 Å². The first-order valence-electron chi connectivity index (χ1n) is 6.16. The van der Waals surface area contributed by atoms with E-state index in [-0.39, 0.29) is 11.8 Å². The van der Waals surface area contributed by atoms with Gasteiger partial charge in [0.15, 0.2) is 0 Å². The molecule has 0 aromatic heterocycles. The lowest BCUT2D eigenvalue weighted by Gasteiger charge is -2.10. The van der Waals surface area contributed by atoms with E-state index in [0.717, 1.165) is 28.6 Å². The second-order valence-electron chi connectivity index (χ2n) is 4.44. The molecule has 18 heavy (non-hydrogen) atoms. The zero-order valence-corrected chi connectivity index (χ0v) is 12.5. The van der Waals surface area contributed by atoms with Crippen LogP contribution in [0.5, 0.6) is 5.75 Å². The summed E-state index contributed by atoms with van der Waals surface area (Å²) in [4.78, 5) is 11.8. The number of hydrogen-bond donors (Lipinski definition) is 1. The summed E-state index contributed by atoms with van der Waals surface area (Å²) in [5.41, 5.74) is 6.85. The molecule has 0 heterocycles. The molecule has 4 heteroatoms. The molecule has 0 aliphatic carbocycles. The minimum Gasteiger partial charge on any atom is -0.496 e. The number of benzene rings is 1. The summed E-state index contributed by atoms with van der Waals surface area (Å²) in [7, 11) is 1.62. The van der Waals surface area contributed by atoms with Crippen molar-refractivity contribution in [1.82, 2.24) is 0 Å². The van der Waals surface area contributed by atoms with Gasteiger partial charge in [-0.1, -0.05) is 19.4 Å². The van der Waals surface area contributed by atoms with Gasteiger partial charge < -0.3 is 10.5 Å². The monoisotopic (exact) mass is 313 g/mol. The van der Waals surface area contributed by atoms with Crippen molar-refractivity contribution in [2.75, 3.05) is 7.11 Å². The first-order chi connectivity index (χ1) is 8.56. The fourth-order valence-electron chi connectivity index (χ4n) is 1.88. The maximum atomic E-state index is 11.8. The Bertz CT molecular complexity index is 407. The third-order valence-corrected chi connectivity index (χ3v) is 3.39. The molecule has 1 aromatic carbocycles. The predicted molar refractivity (Wildman–Crippen MR) is 76.9 cm³/mol. The van der Waals surface area contributed by atoms with Gasteiger partial charge >= 0.3 is 0 Å². The van der Waals surface area contributed by atoms with Crippen molar-refractivity contribution >= 4 is 21.7 Å². The highest BCUT2D eigenvalue weighted by molar-refractivity contribution is 9.10. The third kappa shape index (κ3) is 4.78. The van der Waals surface area contributed by atoms with Gasteiger partial charge in [-0.2, -0.15) is 0 Å². The SMILES string of the molecule is CCCC(N)CC(=O)Cc1ccc(OC)c(Br)c1. The molecule has 0 amide bonds. The standard InChI is InChI=1S/C14H20BrNO2/c1-3-4-11(16)9-12(17)7-10-5-6-14(18-2)13(15)8-10/h5-6,8,11H,3-4,7,9,16H2,1-2H3. The molecule has 0 fully saturated rings. The number of Topliss-reactive ketones (excluding diaryl/α,β-unsaturated/α-hetero) is 1. The van der Waals surface area contributed by atoms with E-state index < -0.39 is 0 Å². The van der Waals surface area contributed by atoms with Gasteiger partial charge in [0.25, 0.3) is 0 Å². The summed E-state index contributed by atoms with van der Waals surface area (Å²) < 4.78 is 6.02. The fraction of sp³-hybridized carbons (Fsp3) is 0.500. The van der Waals surface area contributed by atoms with Crippen LogP contribution in [-0.4, -0.2) is 18.9 Å². The summed E-state index contributed by atoms with van der Waals surface area (Å²) in [6.07, 6.45) is 2.80. The molecule has 3 nitrogen and oxygen atoms in total. The summed E-state index contributed by atoms with van der Waals surface area (Å²) in [6.45, 7) is 2.07. The molecular weight excluding hydrogens is 294 g/mol. The molecule has 100 valence electrons. The first-order valence-corrected chi connectivity index (χ1v) is 6.95. The van der Waals surface area contributed by atoms with Gasteiger partial charge in [0.05, 0.1) is 11.6 Å². The van der Waals surface area contributed by atoms with E-state index in [1.165, 1.54) is 0 Å². The van der Waals surface area contributed by atoms with Gasteiger partial charge in [0.2, 0.25) is 0 Å². The van der Waals surface area contributed by atoms with Crippen molar-refractivity contribution in [3.8, 4) is 5.75 Å². The Labute approximate surface area is 117 Å². The highest BCUT2D eigenvalue weighted by Gasteiger charge is 2.10. The number of carbonyl (C=O) groups is 1. The summed E-state index contributed by atoms with van der Waals surface area (Å²) in [5, 5.41) is 0. The number of ketones is 1. The second-order valence-corrected chi connectivity index (χ2v) is 5.29. The molecule has 1 aromatic rings. The van der Waals surface area contributed by atoms with Gasteiger partial charge in [-0.05, 0) is 40.0 Å². The lowest BCUT2D eigenvalue weighted by Crippen LogP contribution is -2.24. The number of rotatable bonds is 7.